The summed E-state index contributed by atoms with van der Waals surface area (Å²) in [4.78, 5) is 28.0. The monoisotopic (exact) mass is 551 g/mol. The van der Waals surface area contributed by atoms with Crippen LogP contribution in [-0.4, -0.2) is 57.1 Å². The van der Waals surface area contributed by atoms with Crippen molar-refractivity contribution in [3.63, 3.8) is 0 Å². The summed E-state index contributed by atoms with van der Waals surface area (Å²) >= 11 is 3.42. The summed E-state index contributed by atoms with van der Waals surface area (Å²) in [5, 5.41) is 2.88. The number of nitrogens with one attached hydrogen (secondary N) is 1. The van der Waals surface area contributed by atoms with Crippen LogP contribution >= 0.6 is 15.9 Å². The maximum Gasteiger partial charge on any atom is 0.244 e. The molecule has 2 aromatic rings. The van der Waals surface area contributed by atoms with E-state index >= 15 is 0 Å². The Labute approximate surface area is 211 Å². The Bertz CT molecular complexity index is 1080. The largest absolute Gasteiger partial charge is 0.354 e. The van der Waals surface area contributed by atoms with E-state index in [1.54, 1.807) is 18.2 Å². The van der Waals surface area contributed by atoms with Crippen molar-refractivity contribution in [3.8, 4) is 0 Å². The Morgan fingerprint density at radius 3 is 2.32 bits per heavy atom. The van der Waals surface area contributed by atoms with E-state index in [0.29, 0.717) is 31.6 Å². The molecule has 0 fully saturated rings. The molecule has 0 aliphatic heterocycles. The molecule has 0 saturated heterocycles. The lowest BCUT2D eigenvalue weighted by Gasteiger charge is -2.33. The zero-order valence-electron chi connectivity index (χ0n) is 20.3. The van der Waals surface area contributed by atoms with Gasteiger partial charge in [-0.15, -0.1) is 0 Å². The van der Waals surface area contributed by atoms with Gasteiger partial charge in [-0.1, -0.05) is 60.1 Å². The fraction of sp³-hybridized carbons (Fsp3) is 0.440. The highest BCUT2D eigenvalue weighted by Crippen LogP contribution is 2.25. The molecule has 9 heteroatoms. The molecule has 34 heavy (non-hydrogen) atoms. The maximum atomic E-state index is 13.6. The van der Waals surface area contributed by atoms with Crippen molar-refractivity contribution in [2.45, 2.75) is 46.1 Å². The molecule has 0 unspecified atom stereocenters. The Kier molecular flexibility index (Phi) is 10.6. The molecular weight excluding hydrogens is 518 g/mol. The van der Waals surface area contributed by atoms with Crippen LogP contribution < -0.4 is 9.62 Å². The summed E-state index contributed by atoms with van der Waals surface area (Å²) < 4.78 is 27.2. The zero-order valence-corrected chi connectivity index (χ0v) is 22.7. The predicted octanol–water partition coefficient (Wildman–Crippen LogP) is 3.90. The zero-order chi connectivity index (χ0) is 25.3. The minimum Gasteiger partial charge on any atom is -0.354 e. The molecule has 2 rings (SSSR count). The summed E-state index contributed by atoms with van der Waals surface area (Å²) in [7, 11) is -3.74. The number of carbonyl (C=O) groups excluding carboxylic acids is 2. The van der Waals surface area contributed by atoms with Crippen molar-refractivity contribution >= 4 is 43.5 Å². The Balaban J connectivity index is 2.36. The van der Waals surface area contributed by atoms with Crippen molar-refractivity contribution in [2.24, 2.45) is 0 Å². The second-order valence-electron chi connectivity index (χ2n) is 8.24. The summed E-state index contributed by atoms with van der Waals surface area (Å²) in [5.41, 5.74) is 2.29. The second kappa shape index (κ2) is 12.9. The van der Waals surface area contributed by atoms with E-state index in [9.17, 15) is 18.0 Å². The fourth-order valence-electron chi connectivity index (χ4n) is 3.66. The number of halogens is 1. The predicted molar refractivity (Wildman–Crippen MR) is 140 cm³/mol. The van der Waals surface area contributed by atoms with Crippen LogP contribution in [0.5, 0.6) is 0 Å². The van der Waals surface area contributed by atoms with Crippen molar-refractivity contribution in [1.82, 2.24) is 10.2 Å². The number of carbonyl (C=O) groups is 2. The van der Waals surface area contributed by atoms with Crippen LogP contribution in [0.4, 0.5) is 5.69 Å². The van der Waals surface area contributed by atoms with Gasteiger partial charge in [0.1, 0.15) is 12.6 Å². The van der Waals surface area contributed by atoms with E-state index in [0.717, 1.165) is 32.6 Å². The Morgan fingerprint density at radius 2 is 1.76 bits per heavy atom. The minimum atomic E-state index is -3.74. The average molecular weight is 553 g/mol. The highest BCUT2D eigenvalue weighted by molar-refractivity contribution is 9.10. The molecule has 0 aromatic heterocycles. The number of anilines is 1. The topological polar surface area (TPSA) is 86.8 Å². The molecular formula is C25H34BrN3O4S. The van der Waals surface area contributed by atoms with Crippen LogP contribution in [-0.2, 0) is 26.0 Å². The van der Waals surface area contributed by atoms with Crippen LogP contribution in [0.1, 0.15) is 37.8 Å². The van der Waals surface area contributed by atoms with E-state index in [1.165, 1.54) is 4.90 Å². The van der Waals surface area contributed by atoms with Crippen LogP contribution in [0, 0.1) is 6.92 Å². The highest BCUT2D eigenvalue weighted by Gasteiger charge is 2.31. The molecule has 186 valence electrons. The SMILES string of the molecule is CCCNC(=O)[C@@H](CC)N(CCc1ccccc1)C(=O)CN(c1ccc(Br)c(C)c1)S(C)(=O)=O. The molecule has 1 N–H and O–H groups in total. The highest BCUT2D eigenvalue weighted by atomic mass is 79.9. The van der Waals surface area contributed by atoms with Crippen LogP contribution in [0.2, 0.25) is 0 Å². The number of aryl methyl sites for hydroxylation is 1. The Morgan fingerprint density at radius 1 is 1.09 bits per heavy atom. The molecule has 7 nitrogen and oxygen atoms in total. The van der Waals surface area contributed by atoms with E-state index in [1.807, 2.05) is 51.1 Å². The molecule has 0 aliphatic rings. The van der Waals surface area contributed by atoms with Gasteiger partial charge in [-0.2, -0.15) is 0 Å². The van der Waals surface area contributed by atoms with E-state index in [4.69, 9.17) is 0 Å². The van der Waals surface area contributed by atoms with Gasteiger partial charge in [-0.25, -0.2) is 8.42 Å². The summed E-state index contributed by atoms with van der Waals surface area (Å²) in [6.45, 7) is 6.11. The van der Waals surface area contributed by atoms with Gasteiger partial charge in [0.05, 0.1) is 11.9 Å². The van der Waals surface area contributed by atoms with Crippen molar-refractivity contribution < 1.29 is 18.0 Å². The van der Waals surface area contributed by atoms with Crippen LogP contribution in [0.3, 0.4) is 0 Å². The molecule has 0 bridgehead atoms. The molecule has 1 atom stereocenters. The van der Waals surface area contributed by atoms with Gasteiger partial charge in [0.15, 0.2) is 0 Å². The quantitative estimate of drug-likeness (QED) is 0.433. The number of benzene rings is 2. The van der Waals surface area contributed by atoms with E-state index in [-0.39, 0.29) is 12.5 Å². The van der Waals surface area contributed by atoms with Gasteiger partial charge < -0.3 is 10.2 Å². The third-order valence-corrected chi connectivity index (χ3v) is 7.56. The van der Waals surface area contributed by atoms with Gasteiger partial charge in [0.2, 0.25) is 21.8 Å². The smallest absolute Gasteiger partial charge is 0.244 e. The lowest BCUT2D eigenvalue weighted by Crippen LogP contribution is -2.53. The molecule has 0 saturated carbocycles. The number of nitrogens with zero attached hydrogens (tertiary/aromatic N) is 2. The first kappa shape index (κ1) is 27.9. The normalized spacial score (nSPS) is 12.1. The van der Waals surface area contributed by atoms with Crippen molar-refractivity contribution in [2.75, 3.05) is 30.2 Å². The number of sulfonamides is 1. The molecule has 0 radical (unpaired) electrons. The number of hydrogen-bond donors (Lipinski definition) is 1. The Hall–Kier alpha value is -2.39. The summed E-state index contributed by atoms with van der Waals surface area (Å²) in [6.07, 6.45) is 2.84. The first-order valence-electron chi connectivity index (χ1n) is 11.4. The summed E-state index contributed by atoms with van der Waals surface area (Å²) in [6, 6.07) is 14.2. The minimum absolute atomic E-state index is 0.226. The molecule has 2 amide bonds. The first-order valence-corrected chi connectivity index (χ1v) is 14.1. The van der Waals surface area contributed by atoms with Gasteiger partial charge in [-0.05, 0) is 55.5 Å². The molecule has 2 aromatic carbocycles. The first-order chi connectivity index (χ1) is 16.1. The second-order valence-corrected chi connectivity index (χ2v) is 11.0. The lowest BCUT2D eigenvalue weighted by molar-refractivity contribution is -0.139. The molecule has 0 aliphatic carbocycles. The molecule has 0 heterocycles. The van der Waals surface area contributed by atoms with E-state index < -0.39 is 22.0 Å². The third kappa shape index (κ3) is 7.84. The maximum absolute atomic E-state index is 13.6. The van der Waals surface area contributed by atoms with Gasteiger partial charge in [0.25, 0.3) is 0 Å². The number of rotatable bonds is 12. The van der Waals surface area contributed by atoms with E-state index in [2.05, 4.69) is 21.2 Å². The number of hydrogen-bond acceptors (Lipinski definition) is 4. The molecule has 0 spiro atoms. The average Bonchev–Trinajstić information content (AvgIpc) is 2.80. The lowest BCUT2D eigenvalue weighted by atomic mass is 10.1. The van der Waals surface area contributed by atoms with Crippen molar-refractivity contribution in [1.29, 1.82) is 0 Å². The van der Waals surface area contributed by atoms with Crippen LogP contribution in [0.15, 0.2) is 53.0 Å². The third-order valence-electron chi connectivity index (χ3n) is 5.53. The van der Waals surface area contributed by atoms with Gasteiger partial charge >= 0.3 is 0 Å². The van der Waals surface area contributed by atoms with Gasteiger partial charge in [-0.3, -0.25) is 13.9 Å². The number of amides is 2. The standard InChI is InChI=1S/C25H34BrN3O4S/c1-5-15-27-25(31)23(6-2)28(16-14-20-10-8-7-9-11-20)24(30)18-29(34(4,32)33)21-12-13-22(26)19(3)17-21/h7-13,17,23H,5-6,14-16,18H2,1-4H3,(H,27,31)/t23-/m1/s1. The fourth-order valence-corrected chi connectivity index (χ4v) is 4.75. The van der Waals surface area contributed by atoms with Crippen molar-refractivity contribution in [3.05, 3.63) is 64.1 Å². The van der Waals surface area contributed by atoms with Crippen LogP contribution in [0.25, 0.3) is 0 Å². The summed E-state index contributed by atoms with van der Waals surface area (Å²) in [5.74, 6) is -0.642. The van der Waals surface area contributed by atoms with Gasteiger partial charge in [0, 0.05) is 17.6 Å².